The lowest BCUT2D eigenvalue weighted by molar-refractivity contribution is -0.144. The number of hydrogen-bond acceptors (Lipinski definition) is 3. The molecule has 0 saturated carbocycles. The Morgan fingerprint density at radius 1 is 1.57 bits per heavy atom. The smallest absolute Gasteiger partial charge is 0.331 e. The summed E-state index contributed by atoms with van der Waals surface area (Å²) in [6.45, 7) is 5.78. The number of hydrogen-bond donors (Lipinski definition) is 1. The highest BCUT2D eigenvalue weighted by atomic mass is 16.5. The fourth-order valence-corrected chi connectivity index (χ4v) is 1.47. The first-order valence-electron chi connectivity index (χ1n) is 4.45. The van der Waals surface area contributed by atoms with Crippen LogP contribution in [0.5, 0.6) is 0 Å². The summed E-state index contributed by atoms with van der Waals surface area (Å²) in [6.07, 6.45) is 0.641. The van der Waals surface area contributed by atoms with Crippen molar-refractivity contribution in [2.75, 3.05) is 0 Å². The fourth-order valence-electron chi connectivity index (χ4n) is 1.47. The molecule has 4 nitrogen and oxygen atoms in total. The summed E-state index contributed by atoms with van der Waals surface area (Å²) in [5.41, 5.74) is 0.525. The summed E-state index contributed by atoms with van der Waals surface area (Å²) < 4.78 is 4.90. The van der Waals surface area contributed by atoms with Crippen molar-refractivity contribution in [1.29, 1.82) is 0 Å². The van der Waals surface area contributed by atoms with Crippen molar-refractivity contribution in [1.82, 2.24) is 0 Å². The van der Waals surface area contributed by atoms with Crippen molar-refractivity contribution in [2.24, 2.45) is 5.41 Å². The summed E-state index contributed by atoms with van der Waals surface area (Å²) in [6, 6.07) is 0. The molecule has 1 unspecified atom stereocenters. The molecule has 4 heteroatoms. The molecular weight excluding hydrogens is 184 g/mol. The summed E-state index contributed by atoms with van der Waals surface area (Å²) >= 11 is 0. The van der Waals surface area contributed by atoms with Gasteiger partial charge in [0.25, 0.3) is 0 Å². The molecule has 1 aliphatic rings. The molecule has 0 fully saturated rings. The number of rotatable bonds is 2. The van der Waals surface area contributed by atoms with Crippen LogP contribution < -0.4 is 0 Å². The number of esters is 1. The maximum atomic E-state index is 11.0. The van der Waals surface area contributed by atoms with Gasteiger partial charge in [-0.3, -0.25) is 4.79 Å². The molecule has 1 atom stereocenters. The van der Waals surface area contributed by atoms with Crippen LogP contribution in [0.4, 0.5) is 0 Å². The number of carbonyl (C=O) groups excluding carboxylic acids is 1. The molecule has 1 N–H and O–H groups in total. The van der Waals surface area contributed by atoms with Crippen molar-refractivity contribution in [3.05, 3.63) is 11.6 Å². The van der Waals surface area contributed by atoms with E-state index in [0.717, 1.165) is 5.57 Å². The van der Waals surface area contributed by atoms with E-state index in [-0.39, 0.29) is 11.8 Å². The Morgan fingerprint density at radius 2 is 2.14 bits per heavy atom. The second-order valence-corrected chi connectivity index (χ2v) is 4.37. The van der Waals surface area contributed by atoms with Gasteiger partial charge in [-0.2, -0.15) is 0 Å². The lowest BCUT2D eigenvalue weighted by Gasteiger charge is -2.24. The first kappa shape index (κ1) is 10.8. The van der Waals surface area contributed by atoms with Gasteiger partial charge in [-0.15, -0.1) is 0 Å². The van der Waals surface area contributed by atoms with Gasteiger partial charge in [-0.1, -0.05) is 20.8 Å². The number of ether oxygens (including phenoxy) is 1. The molecule has 0 aromatic carbocycles. The topological polar surface area (TPSA) is 63.6 Å². The zero-order valence-corrected chi connectivity index (χ0v) is 8.53. The Hall–Kier alpha value is -1.32. The van der Waals surface area contributed by atoms with E-state index in [2.05, 4.69) is 0 Å². The van der Waals surface area contributed by atoms with Crippen LogP contribution in [0.15, 0.2) is 11.6 Å². The molecule has 0 aromatic heterocycles. The largest absolute Gasteiger partial charge is 0.481 e. The zero-order valence-electron chi connectivity index (χ0n) is 8.53. The van der Waals surface area contributed by atoms with Gasteiger partial charge in [0.1, 0.15) is 6.10 Å². The molecule has 14 heavy (non-hydrogen) atoms. The van der Waals surface area contributed by atoms with Gasteiger partial charge in [0, 0.05) is 6.08 Å². The second kappa shape index (κ2) is 3.44. The van der Waals surface area contributed by atoms with Crippen LogP contribution in [0, 0.1) is 5.41 Å². The number of aliphatic carboxylic acids is 1. The summed E-state index contributed by atoms with van der Waals surface area (Å²) in [5.74, 6) is -1.40. The minimum atomic E-state index is -0.958. The van der Waals surface area contributed by atoms with Gasteiger partial charge in [-0.25, -0.2) is 4.79 Å². The van der Waals surface area contributed by atoms with Crippen LogP contribution in [-0.2, 0) is 14.3 Å². The van der Waals surface area contributed by atoms with Crippen LogP contribution in [0.1, 0.15) is 27.2 Å². The van der Waals surface area contributed by atoms with E-state index >= 15 is 0 Å². The molecular formula is C10H14O4. The predicted octanol–water partition coefficient (Wildman–Crippen LogP) is 1.36. The Balaban J connectivity index is 2.84. The van der Waals surface area contributed by atoms with Crippen LogP contribution >= 0.6 is 0 Å². The molecule has 0 aliphatic carbocycles. The van der Waals surface area contributed by atoms with E-state index in [1.54, 1.807) is 0 Å². The van der Waals surface area contributed by atoms with Crippen LogP contribution in [0.3, 0.4) is 0 Å². The van der Waals surface area contributed by atoms with E-state index < -0.39 is 18.0 Å². The van der Waals surface area contributed by atoms with Gasteiger partial charge in [0.2, 0.25) is 0 Å². The molecule has 0 aromatic rings. The van der Waals surface area contributed by atoms with Gasteiger partial charge in [0.05, 0.1) is 6.42 Å². The van der Waals surface area contributed by atoms with Crippen LogP contribution in [-0.4, -0.2) is 23.1 Å². The highest BCUT2D eigenvalue weighted by Crippen LogP contribution is 2.34. The quantitative estimate of drug-likeness (QED) is 0.680. The normalized spacial score (nSPS) is 21.8. The van der Waals surface area contributed by atoms with Crippen molar-refractivity contribution < 1.29 is 19.4 Å². The van der Waals surface area contributed by atoms with Crippen molar-refractivity contribution >= 4 is 11.9 Å². The number of carboxylic acid groups (broad SMARTS) is 1. The van der Waals surface area contributed by atoms with Gasteiger partial charge in [0.15, 0.2) is 0 Å². The summed E-state index contributed by atoms with van der Waals surface area (Å²) in [7, 11) is 0. The lowest BCUT2D eigenvalue weighted by atomic mass is 9.83. The van der Waals surface area contributed by atoms with Gasteiger partial charge < -0.3 is 9.84 Å². The molecule has 0 amide bonds. The molecule has 0 radical (unpaired) electrons. The third-order valence-corrected chi connectivity index (χ3v) is 2.10. The Kier molecular flexibility index (Phi) is 2.64. The molecule has 1 aliphatic heterocycles. The minimum absolute atomic E-state index is 0.158. The molecule has 78 valence electrons. The van der Waals surface area contributed by atoms with E-state index in [1.165, 1.54) is 6.08 Å². The van der Waals surface area contributed by atoms with Crippen molar-refractivity contribution in [2.45, 2.75) is 33.3 Å². The van der Waals surface area contributed by atoms with Gasteiger partial charge in [-0.05, 0) is 11.0 Å². The minimum Gasteiger partial charge on any atom is -0.481 e. The first-order valence-corrected chi connectivity index (χ1v) is 4.45. The highest BCUT2D eigenvalue weighted by molar-refractivity contribution is 5.87. The van der Waals surface area contributed by atoms with Crippen LogP contribution in [0.2, 0.25) is 0 Å². The Bertz CT molecular complexity index is 296. The molecule has 0 saturated heterocycles. The maximum absolute atomic E-state index is 11.0. The van der Waals surface area contributed by atoms with E-state index in [9.17, 15) is 9.59 Å². The zero-order chi connectivity index (χ0) is 10.9. The third kappa shape index (κ3) is 2.34. The van der Waals surface area contributed by atoms with Crippen molar-refractivity contribution in [3.63, 3.8) is 0 Å². The Morgan fingerprint density at radius 3 is 2.57 bits per heavy atom. The average Bonchev–Trinajstić information content (AvgIpc) is 2.28. The van der Waals surface area contributed by atoms with E-state index in [1.807, 2.05) is 20.8 Å². The molecule has 0 bridgehead atoms. The summed E-state index contributed by atoms with van der Waals surface area (Å²) in [4.78, 5) is 21.5. The average molecular weight is 198 g/mol. The number of cyclic esters (lactones) is 1. The van der Waals surface area contributed by atoms with Gasteiger partial charge >= 0.3 is 11.9 Å². The molecule has 1 heterocycles. The standard InChI is InChI=1S/C10H14O4/c1-10(2,3)6-4-9(13)14-7(6)5-8(11)12/h4,7H,5H2,1-3H3,(H,11,12). The SMILES string of the molecule is CC(C)(C)C1=CC(=O)OC1CC(=O)O. The third-order valence-electron chi connectivity index (χ3n) is 2.10. The predicted molar refractivity (Wildman–Crippen MR) is 49.7 cm³/mol. The Labute approximate surface area is 82.6 Å². The molecule has 0 spiro atoms. The van der Waals surface area contributed by atoms with Crippen LogP contribution in [0.25, 0.3) is 0 Å². The number of carbonyl (C=O) groups is 2. The monoisotopic (exact) mass is 198 g/mol. The van der Waals surface area contributed by atoms with Crippen molar-refractivity contribution in [3.8, 4) is 0 Å². The lowest BCUT2D eigenvalue weighted by Crippen LogP contribution is -2.23. The van der Waals surface area contributed by atoms with E-state index in [4.69, 9.17) is 9.84 Å². The fraction of sp³-hybridized carbons (Fsp3) is 0.600. The summed E-state index contributed by atoms with van der Waals surface area (Å²) in [5, 5.41) is 8.63. The maximum Gasteiger partial charge on any atom is 0.331 e. The molecule has 1 rings (SSSR count). The first-order chi connectivity index (χ1) is 6.30. The highest BCUT2D eigenvalue weighted by Gasteiger charge is 2.34. The van der Waals surface area contributed by atoms with E-state index in [0.29, 0.717) is 0 Å². The number of carboxylic acids is 1. The second-order valence-electron chi connectivity index (χ2n) is 4.37.